The molecule has 1 N–H and O–H groups in total. The van der Waals surface area contributed by atoms with Crippen LogP contribution in [0, 0.1) is 6.92 Å². The molecule has 20 heavy (non-hydrogen) atoms. The zero-order valence-electron chi connectivity index (χ0n) is 12.1. The van der Waals surface area contributed by atoms with Crippen molar-refractivity contribution < 1.29 is 9.53 Å². The highest BCUT2D eigenvalue weighted by Crippen LogP contribution is 2.24. The standard InChI is InChI=1S/C16H22ClNO2/c1-11-8-9-13(17)10-15(11)20-12(2)16(19)18-14-6-4-3-5-7-14/h8-10,12,14H,3-7H2,1-2H3,(H,18,19). The highest BCUT2D eigenvalue weighted by Gasteiger charge is 2.21. The molecule has 0 aliphatic heterocycles. The SMILES string of the molecule is Cc1ccc(Cl)cc1OC(C)C(=O)NC1CCCCC1. The molecular formula is C16H22ClNO2. The summed E-state index contributed by atoms with van der Waals surface area (Å²) in [5.41, 5.74) is 0.978. The van der Waals surface area contributed by atoms with Crippen LogP contribution in [0.3, 0.4) is 0 Å². The Labute approximate surface area is 125 Å². The Hall–Kier alpha value is -1.22. The number of amides is 1. The van der Waals surface area contributed by atoms with Crippen LogP contribution in [0.15, 0.2) is 18.2 Å². The number of nitrogens with one attached hydrogen (secondary N) is 1. The molecule has 3 nitrogen and oxygen atoms in total. The molecule has 1 aliphatic rings. The number of hydrogen-bond donors (Lipinski definition) is 1. The Morgan fingerprint density at radius 3 is 2.75 bits per heavy atom. The van der Waals surface area contributed by atoms with Gasteiger partial charge in [0.15, 0.2) is 6.10 Å². The molecule has 0 bridgehead atoms. The third kappa shape index (κ3) is 4.14. The average molecular weight is 296 g/mol. The fraction of sp³-hybridized carbons (Fsp3) is 0.562. The van der Waals surface area contributed by atoms with Gasteiger partial charge < -0.3 is 10.1 Å². The first kappa shape index (κ1) is 15.2. The topological polar surface area (TPSA) is 38.3 Å². The molecule has 0 radical (unpaired) electrons. The van der Waals surface area contributed by atoms with Crippen molar-refractivity contribution in [2.75, 3.05) is 0 Å². The van der Waals surface area contributed by atoms with Crippen LogP contribution in [0.5, 0.6) is 5.75 Å². The Bertz CT molecular complexity index is 470. The van der Waals surface area contributed by atoms with E-state index in [4.69, 9.17) is 16.3 Å². The lowest BCUT2D eigenvalue weighted by molar-refractivity contribution is -0.128. The van der Waals surface area contributed by atoms with Gasteiger partial charge in [0.2, 0.25) is 0 Å². The smallest absolute Gasteiger partial charge is 0.260 e. The number of rotatable bonds is 4. The van der Waals surface area contributed by atoms with Gasteiger partial charge in [-0.15, -0.1) is 0 Å². The van der Waals surface area contributed by atoms with Crippen molar-refractivity contribution in [3.8, 4) is 5.75 Å². The lowest BCUT2D eigenvalue weighted by Crippen LogP contribution is -2.43. The minimum absolute atomic E-state index is 0.0451. The Morgan fingerprint density at radius 1 is 1.35 bits per heavy atom. The number of halogens is 1. The first-order chi connectivity index (χ1) is 9.56. The van der Waals surface area contributed by atoms with E-state index >= 15 is 0 Å². The van der Waals surface area contributed by atoms with E-state index in [1.165, 1.54) is 19.3 Å². The van der Waals surface area contributed by atoms with Crippen molar-refractivity contribution in [2.24, 2.45) is 0 Å². The van der Waals surface area contributed by atoms with Crippen LogP contribution in [0.1, 0.15) is 44.6 Å². The second kappa shape index (κ2) is 6.98. The second-order valence-corrected chi connectivity index (χ2v) is 5.95. The van der Waals surface area contributed by atoms with Gasteiger partial charge in [0.25, 0.3) is 5.91 Å². The molecule has 1 aromatic rings. The Kier molecular flexibility index (Phi) is 5.30. The second-order valence-electron chi connectivity index (χ2n) is 5.51. The van der Waals surface area contributed by atoms with Crippen LogP contribution in [0.4, 0.5) is 0 Å². The minimum Gasteiger partial charge on any atom is -0.481 e. The van der Waals surface area contributed by atoms with Gasteiger partial charge in [-0.05, 0) is 44.4 Å². The maximum absolute atomic E-state index is 12.1. The van der Waals surface area contributed by atoms with Gasteiger partial charge in [0.05, 0.1) is 0 Å². The summed E-state index contributed by atoms with van der Waals surface area (Å²) >= 11 is 5.95. The quantitative estimate of drug-likeness (QED) is 0.916. The van der Waals surface area contributed by atoms with E-state index in [1.54, 1.807) is 13.0 Å². The number of hydrogen-bond acceptors (Lipinski definition) is 2. The molecule has 1 fully saturated rings. The van der Waals surface area contributed by atoms with Crippen molar-refractivity contribution in [1.29, 1.82) is 0 Å². The van der Waals surface area contributed by atoms with Crippen molar-refractivity contribution >= 4 is 17.5 Å². The molecule has 1 saturated carbocycles. The summed E-state index contributed by atoms with van der Waals surface area (Å²) in [6.45, 7) is 3.72. The third-order valence-electron chi connectivity index (χ3n) is 3.77. The first-order valence-corrected chi connectivity index (χ1v) is 7.67. The zero-order chi connectivity index (χ0) is 14.5. The predicted molar refractivity (Wildman–Crippen MR) is 81.3 cm³/mol. The van der Waals surface area contributed by atoms with Gasteiger partial charge in [-0.1, -0.05) is 36.9 Å². The van der Waals surface area contributed by atoms with Crippen LogP contribution in [-0.2, 0) is 4.79 Å². The van der Waals surface area contributed by atoms with Gasteiger partial charge in [-0.2, -0.15) is 0 Å². The Balaban J connectivity index is 1.91. The Morgan fingerprint density at radius 2 is 2.05 bits per heavy atom. The number of carbonyl (C=O) groups is 1. The van der Waals surface area contributed by atoms with Gasteiger partial charge >= 0.3 is 0 Å². The summed E-state index contributed by atoms with van der Waals surface area (Å²) in [4.78, 5) is 12.1. The minimum atomic E-state index is -0.505. The molecular weight excluding hydrogens is 274 g/mol. The molecule has 0 spiro atoms. The fourth-order valence-corrected chi connectivity index (χ4v) is 2.67. The van der Waals surface area contributed by atoms with Gasteiger partial charge in [-0.3, -0.25) is 4.79 Å². The maximum atomic E-state index is 12.1. The highest BCUT2D eigenvalue weighted by molar-refractivity contribution is 6.30. The van der Waals surface area contributed by atoms with E-state index in [-0.39, 0.29) is 5.91 Å². The summed E-state index contributed by atoms with van der Waals surface area (Å²) in [7, 11) is 0. The molecule has 0 saturated heterocycles. The first-order valence-electron chi connectivity index (χ1n) is 7.29. The van der Waals surface area contributed by atoms with Crippen molar-refractivity contribution in [3.05, 3.63) is 28.8 Å². The van der Waals surface area contributed by atoms with Gasteiger partial charge in [-0.25, -0.2) is 0 Å². The summed E-state index contributed by atoms with van der Waals surface area (Å²) in [6, 6.07) is 5.77. The summed E-state index contributed by atoms with van der Waals surface area (Å²) in [5.74, 6) is 0.625. The molecule has 1 aliphatic carbocycles. The van der Waals surface area contributed by atoms with E-state index in [2.05, 4.69) is 5.32 Å². The van der Waals surface area contributed by atoms with E-state index in [9.17, 15) is 4.79 Å². The zero-order valence-corrected chi connectivity index (χ0v) is 12.9. The molecule has 0 heterocycles. The number of benzene rings is 1. The number of ether oxygens (including phenoxy) is 1. The van der Waals surface area contributed by atoms with Crippen LogP contribution >= 0.6 is 11.6 Å². The van der Waals surface area contributed by atoms with Gasteiger partial charge in [0.1, 0.15) is 5.75 Å². The van der Waals surface area contributed by atoms with E-state index < -0.39 is 6.10 Å². The monoisotopic (exact) mass is 295 g/mol. The predicted octanol–water partition coefficient (Wildman–Crippen LogP) is 3.86. The summed E-state index contributed by atoms with van der Waals surface area (Å²) < 4.78 is 5.73. The van der Waals surface area contributed by atoms with Crippen LogP contribution in [0.2, 0.25) is 5.02 Å². The largest absolute Gasteiger partial charge is 0.481 e. The van der Waals surface area contributed by atoms with Crippen molar-refractivity contribution in [2.45, 2.75) is 58.1 Å². The number of carbonyl (C=O) groups excluding carboxylic acids is 1. The number of aryl methyl sites for hydroxylation is 1. The highest BCUT2D eigenvalue weighted by atomic mass is 35.5. The molecule has 1 unspecified atom stereocenters. The lowest BCUT2D eigenvalue weighted by atomic mass is 9.95. The molecule has 1 atom stereocenters. The molecule has 1 amide bonds. The molecule has 1 aromatic carbocycles. The summed E-state index contributed by atoms with van der Waals surface area (Å²) in [6.07, 6.45) is 5.33. The summed E-state index contributed by atoms with van der Waals surface area (Å²) in [5, 5.41) is 3.69. The van der Waals surface area contributed by atoms with E-state index in [0.29, 0.717) is 16.8 Å². The van der Waals surface area contributed by atoms with Crippen molar-refractivity contribution in [3.63, 3.8) is 0 Å². The van der Waals surface area contributed by atoms with Gasteiger partial charge in [0, 0.05) is 11.1 Å². The van der Waals surface area contributed by atoms with E-state index in [1.807, 2.05) is 19.1 Å². The fourth-order valence-electron chi connectivity index (χ4n) is 2.51. The van der Waals surface area contributed by atoms with E-state index in [0.717, 1.165) is 18.4 Å². The molecule has 2 rings (SSSR count). The maximum Gasteiger partial charge on any atom is 0.260 e. The van der Waals surface area contributed by atoms with Crippen molar-refractivity contribution in [1.82, 2.24) is 5.32 Å². The van der Waals surface area contributed by atoms with Crippen LogP contribution in [-0.4, -0.2) is 18.1 Å². The molecule has 110 valence electrons. The lowest BCUT2D eigenvalue weighted by Gasteiger charge is -2.25. The molecule has 0 aromatic heterocycles. The third-order valence-corrected chi connectivity index (χ3v) is 4.01. The normalized spacial score (nSPS) is 17.6. The van der Waals surface area contributed by atoms with Crippen LogP contribution in [0.25, 0.3) is 0 Å². The van der Waals surface area contributed by atoms with Crippen LogP contribution < -0.4 is 10.1 Å². The molecule has 4 heteroatoms. The average Bonchev–Trinajstić information content (AvgIpc) is 2.44.